The number of hydrogen-bond donors (Lipinski definition) is 1. The number of oxazole rings is 1. The van der Waals surface area contributed by atoms with Crippen LogP contribution in [0.1, 0.15) is 45.5 Å². The molecule has 1 N–H and O–H groups in total. The Kier molecular flexibility index (Phi) is 5.09. The Hall–Kier alpha value is -0.740. The highest BCUT2D eigenvalue weighted by molar-refractivity contribution is 7.98. The second-order valence-corrected chi connectivity index (χ2v) is 6.29. The molecule has 3 nitrogen and oxygen atoms in total. The molecule has 0 fully saturated rings. The molecule has 0 aromatic carbocycles. The molecule has 4 heteroatoms. The van der Waals surface area contributed by atoms with E-state index >= 15 is 0 Å². The molecule has 0 aliphatic rings. The van der Waals surface area contributed by atoms with Crippen LogP contribution in [0.3, 0.4) is 0 Å². The Labute approximate surface area is 102 Å². The van der Waals surface area contributed by atoms with Crippen LogP contribution in [0.2, 0.25) is 0 Å². The maximum atomic E-state index is 5.34. The van der Waals surface area contributed by atoms with E-state index in [1.807, 2.05) is 6.08 Å². The zero-order valence-corrected chi connectivity index (χ0v) is 11.0. The van der Waals surface area contributed by atoms with E-state index in [1.54, 1.807) is 24.4 Å². The van der Waals surface area contributed by atoms with Gasteiger partial charge in [-0.25, -0.2) is 4.98 Å². The van der Waals surface area contributed by atoms with Crippen molar-refractivity contribution in [3.05, 3.63) is 31.0 Å². The zero-order chi connectivity index (χ0) is 12.0. The van der Waals surface area contributed by atoms with Gasteiger partial charge in [0.25, 0.3) is 0 Å². The number of allylic oxidation sites excluding steroid dienone is 1. The first-order valence-electron chi connectivity index (χ1n) is 5.47. The fourth-order valence-corrected chi connectivity index (χ4v) is 1.89. The van der Waals surface area contributed by atoms with Crippen LogP contribution < -0.4 is 4.72 Å². The first-order chi connectivity index (χ1) is 7.53. The SMILES string of the molecule is C=CCCC(NSC(C)(C)C)c1ncco1. The lowest BCUT2D eigenvalue weighted by molar-refractivity contribution is 0.424. The molecule has 0 aliphatic heterocycles. The molecule has 0 saturated heterocycles. The molecule has 0 spiro atoms. The van der Waals surface area contributed by atoms with Crippen LogP contribution in [0.15, 0.2) is 29.5 Å². The molecule has 1 rings (SSSR count). The summed E-state index contributed by atoms with van der Waals surface area (Å²) < 4.78 is 8.93. The summed E-state index contributed by atoms with van der Waals surface area (Å²) in [4.78, 5) is 4.19. The first-order valence-corrected chi connectivity index (χ1v) is 6.28. The van der Waals surface area contributed by atoms with Crippen molar-refractivity contribution in [2.75, 3.05) is 0 Å². The van der Waals surface area contributed by atoms with E-state index in [0.29, 0.717) is 0 Å². The molecule has 1 unspecified atom stereocenters. The summed E-state index contributed by atoms with van der Waals surface area (Å²) in [6.07, 6.45) is 7.11. The van der Waals surface area contributed by atoms with Crippen molar-refractivity contribution in [1.29, 1.82) is 0 Å². The van der Waals surface area contributed by atoms with Crippen LogP contribution in [0.5, 0.6) is 0 Å². The molecule has 1 aromatic heterocycles. The van der Waals surface area contributed by atoms with E-state index in [9.17, 15) is 0 Å². The van der Waals surface area contributed by atoms with E-state index in [0.717, 1.165) is 18.7 Å². The van der Waals surface area contributed by atoms with Crippen LogP contribution in [-0.4, -0.2) is 9.73 Å². The van der Waals surface area contributed by atoms with Crippen LogP contribution in [-0.2, 0) is 0 Å². The average Bonchev–Trinajstić information content (AvgIpc) is 2.69. The Morgan fingerprint density at radius 1 is 1.62 bits per heavy atom. The number of rotatable bonds is 6. The Morgan fingerprint density at radius 3 is 2.88 bits per heavy atom. The Balaban J connectivity index is 2.54. The second kappa shape index (κ2) is 6.11. The summed E-state index contributed by atoms with van der Waals surface area (Å²) in [5.41, 5.74) is 0. The summed E-state index contributed by atoms with van der Waals surface area (Å²) >= 11 is 1.71. The van der Waals surface area contributed by atoms with Crippen molar-refractivity contribution in [1.82, 2.24) is 9.71 Å². The Bertz CT molecular complexity index is 303. The van der Waals surface area contributed by atoms with E-state index < -0.39 is 0 Å². The minimum atomic E-state index is 0.150. The summed E-state index contributed by atoms with van der Waals surface area (Å²) in [6.45, 7) is 10.3. The van der Waals surface area contributed by atoms with E-state index in [-0.39, 0.29) is 10.8 Å². The quantitative estimate of drug-likeness (QED) is 0.607. The summed E-state index contributed by atoms with van der Waals surface area (Å²) in [5, 5.41) is 0. The minimum Gasteiger partial charge on any atom is -0.447 e. The molecular weight excluding hydrogens is 220 g/mol. The van der Waals surface area contributed by atoms with Crippen LogP contribution in [0.25, 0.3) is 0 Å². The molecule has 16 heavy (non-hydrogen) atoms. The summed E-state index contributed by atoms with van der Waals surface area (Å²) in [5.74, 6) is 0.749. The third-order valence-electron chi connectivity index (χ3n) is 1.92. The normalized spacial score (nSPS) is 13.7. The molecule has 0 radical (unpaired) electrons. The molecule has 0 bridgehead atoms. The maximum absolute atomic E-state index is 5.34. The molecule has 90 valence electrons. The first kappa shape index (κ1) is 13.3. The standard InChI is InChI=1S/C12H20N2OS/c1-5-6-7-10(11-13-8-9-15-11)14-16-12(2,3)4/h5,8-10,14H,1,6-7H2,2-4H3. The van der Waals surface area contributed by atoms with Gasteiger partial charge in [0.1, 0.15) is 6.26 Å². The van der Waals surface area contributed by atoms with E-state index in [2.05, 4.69) is 37.1 Å². The summed E-state index contributed by atoms with van der Waals surface area (Å²) in [6, 6.07) is 0.150. The van der Waals surface area contributed by atoms with Gasteiger partial charge >= 0.3 is 0 Å². The molecule has 1 atom stereocenters. The van der Waals surface area contributed by atoms with Gasteiger partial charge < -0.3 is 4.42 Å². The lowest BCUT2D eigenvalue weighted by atomic mass is 10.2. The fraction of sp³-hybridized carbons (Fsp3) is 0.583. The van der Waals surface area contributed by atoms with Gasteiger partial charge in [-0.05, 0) is 33.6 Å². The average molecular weight is 240 g/mol. The highest BCUT2D eigenvalue weighted by atomic mass is 32.2. The predicted molar refractivity (Wildman–Crippen MR) is 69.2 cm³/mol. The molecule has 0 aliphatic carbocycles. The van der Waals surface area contributed by atoms with Crippen molar-refractivity contribution in [2.45, 2.75) is 44.4 Å². The number of aromatic nitrogens is 1. The van der Waals surface area contributed by atoms with Crippen LogP contribution in [0.4, 0.5) is 0 Å². The zero-order valence-electron chi connectivity index (χ0n) is 10.2. The van der Waals surface area contributed by atoms with Crippen molar-refractivity contribution in [3.63, 3.8) is 0 Å². The van der Waals surface area contributed by atoms with E-state index in [4.69, 9.17) is 4.42 Å². The van der Waals surface area contributed by atoms with Gasteiger partial charge in [0.2, 0.25) is 5.89 Å². The summed E-state index contributed by atoms with van der Waals surface area (Å²) in [7, 11) is 0. The Morgan fingerprint density at radius 2 is 2.38 bits per heavy atom. The monoisotopic (exact) mass is 240 g/mol. The van der Waals surface area contributed by atoms with Gasteiger partial charge in [-0.1, -0.05) is 18.0 Å². The van der Waals surface area contributed by atoms with E-state index in [1.165, 1.54) is 0 Å². The number of hydrogen-bond acceptors (Lipinski definition) is 4. The fourth-order valence-electron chi connectivity index (χ4n) is 1.17. The van der Waals surface area contributed by atoms with Gasteiger partial charge in [0, 0.05) is 4.75 Å². The van der Waals surface area contributed by atoms with Gasteiger partial charge in [0.15, 0.2) is 0 Å². The van der Waals surface area contributed by atoms with Gasteiger partial charge in [-0.2, -0.15) is 0 Å². The molecule has 1 heterocycles. The van der Waals surface area contributed by atoms with Crippen LogP contribution in [0, 0.1) is 0 Å². The molecular formula is C12H20N2OS. The highest BCUT2D eigenvalue weighted by Crippen LogP contribution is 2.26. The van der Waals surface area contributed by atoms with Crippen molar-refractivity contribution >= 4 is 11.9 Å². The predicted octanol–water partition coefficient (Wildman–Crippen LogP) is 3.72. The topological polar surface area (TPSA) is 38.1 Å². The minimum absolute atomic E-state index is 0.150. The van der Waals surface area contributed by atoms with Crippen molar-refractivity contribution in [3.8, 4) is 0 Å². The van der Waals surface area contributed by atoms with Crippen molar-refractivity contribution in [2.24, 2.45) is 0 Å². The van der Waals surface area contributed by atoms with Gasteiger partial charge in [-0.3, -0.25) is 4.72 Å². The second-order valence-electron chi connectivity index (χ2n) is 4.62. The molecule has 0 amide bonds. The lowest BCUT2D eigenvalue weighted by Gasteiger charge is -2.22. The van der Waals surface area contributed by atoms with Gasteiger partial charge in [0.05, 0.1) is 12.2 Å². The third-order valence-corrected chi connectivity index (χ3v) is 2.93. The molecule has 1 aromatic rings. The van der Waals surface area contributed by atoms with Gasteiger partial charge in [-0.15, -0.1) is 6.58 Å². The molecule has 0 saturated carbocycles. The largest absolute Gasteiger partial charge is 0.447 e. The maximum Gasteiger partial charge on any atom is 0.211 e. The number of nitrogens with zero attached hydrogens (tertiary/aromatic N) is 1. The third kappa shape index (κ3) is 4.86. The smallest absolute Gasteiger partial charge is 0.211 e. The van der Waals surface area contributed by atoms with Crippen molar-refractivity contribution < 1.29 is 4.42 Å². The van der Waals surface area contributed by atoms with Crippen LogP contribution >= 0.6 is 11.9 Å². The lowest BCUT2D eigenvalue weighted by Crippen LogP contribution is -2.21. The highest BCUT2D eigenvalue weighted by Gasteiger charge is 2.19. The number of nitrogens with one attached hydrogen (secondary N) is 1.